The fraction of sp³-hybridized carbons (Fsp3) is 0.353. The third-order valence-corrected chi connectivity index (χ3v) is 4.50. The highest BCUT2D eigenvalue weighted by molar-refractivity contribution is 5.78. The third kappa shape index (κ3) is 3.14. The van der Waals surface area contributed by atoms with Gasteiger partial charge in [-0.15, -0.1) is 0 Å². The molecule has 2 heterocycles. The van der Waals surface area contributed by atoms with Crippen molar-refractivity contribution in [2.24, 2.45) is 18.7 Å². The largest absolute Gasteiger partial charge is 0.369 e. The molecule has 7 heteroatoms. The Morgan fingerprint density at radius 1 is 1.50 bits per heavy atom. The van der Waals surface area contributed by atoms with E-state index in [-0.39, 0.29) is 17.7 Å². The van der Waals surface area contributed by atoms with Gasteiger partial charge in [0, 0.05) is 38.8 Å². The Morgan fingerprint density at radius 2 is 2.29 bits per heavy atom. The molecule has 1 saturated heterocycles. The molecule has 1 aromatic carbocycles. The van der Waals surface area contributed by atoms with E-state index in [9.17, 15) is 9.18 Å². The van der Waals surface area contributed by atoms with E-state index in [1.165, 1.54) is 12.1 Å². The number of rotatable bonds is 4. The number of hydrogen-bond donors (Lipinski definition) is 1. The minimum Gasteiger partial charge on any atom is -0.369 e. The first kappa shape index (κ1) is 16.1. The molecule has 0 unspecified atom stereocenters. The Morgan fingerprint density at radius 3 is 2.92 bits per heavy atom. The summed E-state index contributed by atoms with van der Waals surface area (Å²) in [4.78, 5) is 13.9. The molecule has 2 aromatic rings. The van der Waals surface area contributed by atoms with E-state index in [2.05, 4.69) is 10.00 Å². The van der Waals surface area contributed by atoms with Gasteiger partial charge in [0.1, 0.15) is 5.82 Å². The molecule has 1 fully saturated rings. The molecule has 0 spiro atoms. The van der Waals surface area contributed by atoms with Crippen molar-refractivity contribution in [3.8, 4) is 6.07 Å². The Hall–Kier alpha value is -2.72. The van der Waals surface area contributed by atoms with E-state index in [0.717, 1.165) is 11.1 Å². The first-order valence-corrected chi connectivity index (χ1v) is 7.66. The molecular weight excluding hydrogens is 309 g/mol. The molecular formula is C17H18FN5O. The van der Waals surface area contributed by atoms with Gasteiger partial charge in [-0.05, 0) is 23.3 Å². The number of likely N-dealkylation sites (tertiary alicyclic amines) is 1. The standard InChI is InChI=1S/C17H18FN5O/c1-22-7-13(6-21-22)15-9-23(10-16(15)17(20)24)8-11-2-3-14(18)4-12(11)5-19/h2-4,6-7,15-16H,8-10H2,1H3,(H2,20,24)/t15-,16+/m1/s1. The number of carbonyl (C=O) groups is 1. The molecule has 0 bridgehead atoms. The van der Waals surface area contributed by atoms with Gasteiger partial charge in [-0.25, -0.2) is 4.39 Å². The van der Waals surface area contributed by atoms with Crippen LogP contribution < -0.4 is 5.73 Å². The second kappa shape index (κ2) is 6.42. The van der Waals surface area contributed by atoms with Crippen LogP contribution in [0.5, 0.6) is 0 Å². The average molecular weight is 327 g/mol. The van der Waals surface area contributed by atoms with Gasteiger partial charge in [0.25, 0.3) is 0 Å². The summed E-state index contributed by atoms with van der Waals surface area (Å²) >= 11 is 0. The fourth-order valence-corrected chi connectivity index (χ4v) is 3.30. The number of benzene rings is 1. The lowest BCUT2D eigenvalue weighted by Gasteiger charge is -2.16. The molecule has 0 aliphatic carbocycles. The first-order chi connectivity index (χ1) is 11.5. The second-order valence-corrected chi connectivity index (χ2v) is 6.17. The van der Waals surface area contributed by atoms with E-state index in [1.54, 1.807) is 16.9 Å². The summed E-state index contributed by atoms with van der Waals surface area (Å²) in [6.45, 7) is 1.63. The highest BCUT2D eigenvalue weighted by Gasteiger charge is 2.38. The van der Waals surface area contributed by atoms with Crippen LogP contribution in [0, 0.1) is 23.1 Å². The van der Waals surface area contributed by atoms with Crippen molar-refractivity contribution in [2.75, 3.05) is 13.1 Å². The first-order valence-electron chi connectivity index (χ1n) is 7.66. The maximum absolute atomic E-state index is 13.3. The second-order valence-electron chi connectivity index (χ2n) is 6.17. The molecule has 0 radical (unpaired) electrons. The molecule has 0 saturated carbocycles. The van der Waals surface area contributed by atoms with Gasteiger partial charge >= 0.3 is 0 Å². The molecule has 6 nitrogen and oxygen atoms in total. The lowest BCUT2D eigenvalue weighted by Crippen LogP contribution is -2.29. The van der Waals surface area contributed by atoms with Crippen LogP contribution in [-0.2, 0) is 18.4 Å². The Kier molecular flexibility index (Phi) is 4.32. The zero-order valence-corrected chi connectivity index (χ0v) is 13.3. The predicted molar refractivity (Wildman–Crippen MR) is 85.0 cm³/mol. The van der Waals surface area contributed by atoms with Gasteiger partial charge in [0.15, 0.2) is 0 Å². The minimum atomic E-state index is -0.431. The van der Waals surface area contributed by atoms with Crippen LogP contribution >= 0.6 is 0 Å². The summed E-state index contributed by atoms with van der Waals surface area (Å²) < 4.78 is 15.0. The topological polar surface area (TPSA) is 87.9 Å². The molecule has 2 atom stereocenters. The number of nitrogens with zero attached hydrogens (tertiary/aromatic N) is 4. The Balaban J connectivity index is 1.81. The Labute approximate surface area is 139 Å². The van der Waals surface area contributed by atoms with Crippen molar-refractivity contribution in [1.82, 2.24) is 14.7 Å². The minimum absolute atomic E-state index is 0.0258. The van der Waals surface area contributed by atoms with Crippen LogP contribution in [0.15, 0.2) is 30.6 Å². The summed E-state index contributed by atoms with van der Waals surface area (Å²) in [7, 11) is 1.83. The number of carbonyl (C=O) groups excluding carboxylic acids is 1. The summed E-state index contributed by atoms with van der Waals surface area (Å²) in [5.74, 6) is -1.10. The maximum atomic E-state index is 13.3. The fourth-order valence-electron chi connectivity index (χ4n) is 3.30. The van der Waals surface area contributed by atoms with Crippen LogP contribution in [0.25, 0.3) is 0 Å². The number of halogens is 1. The van der Waals surface area contributed by atoms with E-state index in [1.807, 2.05) is 19.3 Å². The number of hydrogen-bond acceptors (Lipinski definition) is 4. The van der Waals surface area contributed by atoms with E-state index in [0.29, 0.717) is 25.2 Å². The average Bonchev–Trinajstić information content (AvgIpc) is 3.15. The highest BCUT2D eigenvalue weighted by Crippen LogP contribution is 2.33. The molecule has 1 aromatic heterocycles. The van der Waals surface area contributed by atoms with Gasteiger partial charge in [-0.1, -0.05) is 6.07 Å². The molecule has 1 amide bonds. The van der Waals surface area contributed by atoms with Gasteiger partial charge < -0.3 is 5.73 Å². The van der Waals surface area contributed by atoms with Crippen LogP contribution in [0.3, 0.4) is 0 Å². The highest BCUT2D eigenvalue weighted by atomic mass is 19.1. The SMILES string of the molecule is Cn1cc([C@H]2CN(Cc3ccc(F)cc3C#N)C[C@@H]2C(N)=O)cn1. The summed E-state index contributed by atoms with van der Waals surface area (Å²) in [6.07, 6.45) is 3.64. The van der Waals surface area contributed by atoms with Crippen molar-refractivity contribution < 1.29 is 9.18 Å². The zero-order chi connectivity index (χ0) is 17.3. The van der Waals surface area contributed by atoms with Crippen molar-refractivity contribution in [3.63, 3.8) is 0 Å². The van der Waals surface area contributed by atoms with Crippen LogP contribution in [0.1, 0.15) is 22.6 Å². The molecule has 1 aliphatic heterocycles. The predicted octanol–water partition coefficient (Wildman–Crippen LogP) is 1.13. The third-order valence-electron chi connectivity index (χ3n) is 4.50. The number of nitrogens with two attached hydrogens (primary N) is 1. The normalized spacial score (nSPS) is 20.9. The summed E-state index contributed by atoms with van der Waals surface area (Å²) in [5.41, 5.74) is 7.60. The number of aryl methyl sites for hydroxylation is 1. The van der Waals surface area contributed by atoms with Crippen molar-refractivity contribution in [1.29, 1.82) is 5.26 Å². The monoisotopic (exact) mass is 327 g/mol. The smallest absolute Gasteiger partial charge is 0.222 e. The van der Waals surface area contributed by atoms with Gasteiger partial charge in [0.05, 0.1) is 23.7 Å². The molecule has 2 N–H and O–H groups in total. The molecule has 3 rings (SSSR count). The number of amides is 1. The van der Waals surface area contributed by atoms with Gasteiger partial charge in [-0.3, -0.25) is 14.4 Å². The number of nitriles is 1. The summed E-state index contributed by atoms with van der Waals surface area (Å²) in [5, 5.41) is 13.3. The van der Waals surface area contributed by atoms with Crippen LogP contribution in [0.4, 0.5) is 4.39 Å². The van der Waals surface area contributed by atoms with Gasteiger partial charge in [-0.2, -0.15) is 10.4 Å². The zero-order valence-electron chi connectivity index (χ0n) is 13.3. The lowest BCUT2D eigenvalue weighted by atomic mass is 9.90. The Bertz CT molecular complexity index is 810. The van der Waals surface area contributed by atoms with Crippen molar-refractivity contribution in [3.05, 3.63) is 53.1 Å². The van der Waals surface area contributed by atoms with Crippen LogP contribution in [-0.4, -0.2) is 33.7 Å². The van der Waals surface area contributed by atoms with Crippen LogP contribution in [0.2, 0.25) is 0 Å². The van der Waals surface area contributed by atoms with Crippen molar-refractivity contribution in [2.45, 2.75) is 12.5 Å². The van der Waals surface area contributed by atoms with E-state index >= 15 is 0 Å². The quantitative estimate of drug-likeness (QED) is 0.912. The summed E-state index contributed by atoms with van der Waals surface area (Å²) in [6, 6.07) is 6.21. The van der Waals surface area contributed by atoms with E-state index in [4.69, 9.17) is 11.0 Å². The molecule has 124 valence electrons. The van der Waals surface area contributed by atoms with E-state index < -0.39 is 5.82 Å². The number of primary amides is 1. The van der Waals surface area contributed by atoms with Crippen molar-refractivity contribution >= 4 is 5.91 Å². The molecule has 1 aliphatic rings. The maximum Gasteiger partial charge on any atom is 0.222 e. The molecule has 24 heavy (non-hydrogen) atoms. The lowest BCUT2D eigenvalue weighted by molar-refractivity contribution is -0.121. The number of aromatic nitrogens is 2. The van der Waals surface area contributed by atoms with Gasteiger partial charge in [0.2, 0.25) is 5.91 Å².